The van der Waals surface area contributed by atoms with E-state index in [1.54, 1.807) is 17.0 Å². The van der Waals surface area contributed by atoms with Crippen molar-refractivity contribution in [1.29, 1.82) is 0 Å². The van der Waals surface area contributed by atoms with Crippen LogP contribution in [0, 0.1) is 16.7 Å². The van der Waals surface area contributed by atoms with Crippen LogP contribution >= 0.6 is 0 Å². The smallest absolute Gasteiger partial charge is 0.339 e. The standard InChI is InChI=1S/C17H22N2O4/c1-16(2)8-17(10-20)9-19(7-13(16)17)14(21)12-5-4-11(6-18-12)15(22)23-3/h4-6,13,20H,7-10H2,1-3H3/t13-,17-/m1/s1. The summed E-state index contributed by atoms with van der Waals surface area (Å²) in [5.41, 5.74) is 0.619. The summed E-state index contributed by atoms with van der Waals surface area (Å²) in [7, 11) is 1.30. The first-order valence-corrected chi connectivity index (χ1v) is 7.77. The summed E-state index contributed by atoms with van der Waals surface area (Å²) in [4.78, 5) is 29.9. The summed E-state index contributed by atoms with van der Waals surface area (Å²) in [6.45, 7) is 5.69. The first-order chi connectivity index (χ1) is 10.8. The lowest BCUT2D eigenvalue weighted by molar-refractivity contribution is -0.0977. The molecule has 2 aliphatic rings. The van der Waals surface area contributed by atoms with E-state index in [4.69, 9.17) is 0 Å². The Morgan fingerprint density at radius 1 is 1.43 bits per heavy atom. The number of aliphatic hydroxyl groups excluding tert-OH is 1. The third-order valence-corrected chi connectivity index (χ3v) is 5.40. The van der Waals surface area contributed by atoms with E-state index < -0.39 is 5.97 Å². The topological polar surface area (TPSA) is 79.7 Å². The van der Waals surface area contributed by atoms with Crippen molar-refractivity contribution in [2.45, 2.75) is 20.3 Å². The number of esters is 1. The summed E-state index contributed by atoms with van der Waals surface area (Å²) in [6, 6.07) is 3.09. The van der Waals surface area contributed by atoms with Crippen LogP contribution in [0.15, 0.2) is 18.3 Å². The van der Waals surface area contributed by atoms with Crippen LogP contribution in [0.2, 0.25) is 0 Å². The van der Waals surface area contributed by atoms with Crippen molar-refractivity contribution in [3.05, 3.63) is 29.6 Å². The first-order valence-electron chi connectivity index (χ1n) is 7.77. The Bertz CT molecular complexity index is 640. The van der Waals surface area contributed by atoms with E-state index >= 15 is 0 Å². The number of likely N-dealkylation sites (tertiary alicyclic amines) is 1. The predicted octanol–water partition coefficient (Wildman–Crippen LogP) is 1.35. The number of carbonyl (C=O) groups excluding carboxylic acids is 2. The lowest BCUT2D eigenvalue weighted by atomic mass is 9.48. The monoisotopic (exact) mass is 318 g/mol. The zero-order valence-electron chi connectivity index (χ0n) is 13.7. The maximum atomic E-state index is 12.7. The molecule has 1 aliphatic heterocycles. The van der Waals surface area contributed by atoms with Gasteiger partial charge in [-0.25, -0.2) is 4.79 Å². The van der Waals surface area contributed by atoms with E-state index in [-0.39, 0.29) is 23.3 Å². The molecule has 0 aromatic carbocycles. The Kier molecular flexibility index (Phi) is 3.67. The Morgan fingerprint density at radius 3 is 2.65 bits per heavy atom. The van der Waals surface area contributed by atoms with Crippen molar-refractivity contribution in [2.75, 3.05) is 26.8 Å². The third kappa shape index (κ3) is 2.41. The number of nitrogens with zero attached hydrogens (tertiary/aromatic N) is 2. The molecule has 1 aromatic heterocycles. The van der Waals surface area contributed by atoms with Crippen LogP contribution in [-0.2, 0) is 4.74 Å². The number of rotatable bonds is 3. The van der Waals surface area contributed by atoms with Gasteiger partial charge in [0, 0.05) is 24.7 Å². The number of pyridine rings is 1. The minimum atomic E-state index is -0.475. The largest absolute Gasteiger partial charge is 0.465 e. The van der Waals surface area contributed by atoms with Gasteiger partial charge < -0.3 is 14.7 Å². The molecule has 1 aromatic rings. The number of hydrogen-bond acceptors (Lipinski definition) is 5. The van der Waals surface area contributed by atoms with Crippen LogP contribution in [0.4, 0.5) is 0 Å². The molecule has 1 N–H and O–H groups in total. The molecule has 3 rings (SSSR count). The van der Waals surface area contributed by atoms with Crippen LogP contribution in [0.5, 0.6) is 0 Å². The highest BCUT2D eigenvalue weighted by Crippen LogP contribution is 2.62. The van der Waals surface area contributed by atoms with Gasteiger partial charge in [-0.05, 0) is 29.9 Å². The van der Waals surface area contributed by atoms with Gasteiger partial charge in [0.05, 0.1) is 19.3 Å². The van der Waals surface area contributed by atoms with Gasteiger partial charge in [-0.2, -0.15) is 0 Å². The van der Waals surface area contributed by atoms with Crippen molar-refractivity contribution < 1.29 is 19.4 Å². The quantitative estimate of drug-likeness (QED) is 0.851. The van der Waals surface area contributed by atoms with Gasteiger partial charge in [0.2, 0.25) is 0 Å². The molecule has 1 aliphatic carbocycles. The van der Waals surface area contributed by atoms with Crippen LogP contribution < -0.4 is 0 Å². The van der Waals surface area contributed by atoms with Crippen molar-refractivity contribution in [2.24, 2.45) is 16.7 Å². The van der Waals surface area contributed by atoms with E-state index in [1.807, 2.05) is 0 Å². The molecule has 23 heavy (non-hydrogen) atoms. The summed E-state index contributed by atoms with van der Waals surface area (Å²) in [5.74, 6) is -0.311. The van der Waals surface area contributed by atoms with Crippen molar-refractivity contribution in [3.8, 4) is 0 Å². The molecule has 6 heteroatoms. The second-order valence-corrected chi connectivity index (χ2v) is 7.35. The fraction of sp³-hybridized carbons (Fsp3) is 0.588. The van der Waals surface area contributed by atoms with E-state index in [2.05, 4.69) is 23.6 Å². The van der Waals surface area contributed by atoms with Gasteiger partial charge in [-0.15, -0.1) is 0 Å². The predicted molar refractivity (Wildman–Crippen MR) is 82.9 cm³/mol. The maximum Gasteiger partial charge on any atom is 0.339 e. The lowest BCUT2D eigenvalue weighted by Crippen LogP contribution is -2.54. The lowest BCUT2D eigenvalue weighted by Gasteiger charge is -2.55. The molecule has 0 bridgehead atoms. The van der Waals surface area contributed by atoms with E-state index in [0.29, 0.717) is 30.3 Å². The molecule has 1 saturated heterocycles. The Morgan fingerprint density at radius 2 is 2.17 bits per heavy atom. The molecule has 0 radical (unpaired) electrons. The van der Waals surface area contributed by atoms with Gasteiger partial charge >= 0.3 is 5.97 Å². The molecule has 6 nitrogen and oxygen atoms in total. The molecule has 2 atom stereocenters. The second kappa shape index (κ2) is 5.30. The van der Waals surface area contributed by atoms with Crippen LogP contribution in [0.3, 0.4) is 0 Å². The highest BCUT2D eigenvalue weighted by Gasteiger charge is 2.63. The van der Waals surface area contributed by atoms with Gasteiger partial charge in [0.15, 0.2) is 0 Å². The molecular formula is C17H22N2O4. The molecule has 124 valence electrons. The maximum absolute atomic E-state index is 12.7. The van der Waals surface area contributed by atoms with Crippen molar-refractivity contribution in [1.82, 2.24) is 9.88 Å². The number of carbonyl (C=O) groups is 2. The zero-order valence-corrected chi connectivity index (χ0v) is 13.7. The van der Waals surface area contributed by atoms with E-state index in [9.17, 15) is 14.7 Å². The second-order valence-electron chi connectivity index (χ2n) is 7.35. The summed E-state index contributed by atoms with van der Waals surface area (Å²) in [5, 5.41) is 9.77. The molecular weight excluding hydrogens is 296 g/mol. The SMILES string of the molecule is COC(=O)c1ccc(C(=O)N2C[C@@H]3C(C)(C)C[C@]3(CO)C2)nc1. The molecule has 2 fully saturated rings. The fourth-order valence-electron chi connectivity index (χ4n) is 4.42. The number of ether oxygens (including phenoxy) is 1. The third-order valence-electron chi connectivity index (χ3n) is 5.40. The normalized spacial score (nSPS) is 28.0. The Hall–Kier alpha value is -1.95. The minimum absolute atomic E-state index is 0.111. The number of hydrogen-bond donors (Lipinski definition) is 1. The van der Waals surface area contributed by atoms with Gasteiger partial charge in [0.25, 0.3) is 5.91 Å². The van der Waals surface area contributed by atoms with Crippen molar-refractivity contribution in [3.63, 3.8) is 0 Å². The van der Waals surface area contributed by atoms with Gasteiger partial charge in [0.1, 0.15) is 5.69 Å². The summed E-state index contributed by atoms with van der Waals surface area (Å²) >= 11 is 0. The van der Waals surface area contributed by atoms with Gasteiger partial charge in [-0.1, -0.05) is 13.8 Å². The number of fused-ring (bicyclic) bond motifs is 1. The van der Waals surface area contributed by atoms with Crippen LogP contribution in [-0.4, -0.2) is 53.7 Å². The first kappa shape index (κ1) is 15.9. The summed E-state index contributed by atoms with van der Waals surface area (Å²) < 4.78 is 4.62. The molecule has 1 saturated carbocycles. The number of methoxy groups -OCH3 is 1. The molecule has 2 heterocycles. The summed E-state index contributed by atoms with van der Waals surface area (Å²) in [6.07, 6.45) is 2.29. The molecule has 0 spiro atoms. The van der Waals surface area contributed by atoms with Gasteiger partial charge in [-0.3, -0.25) is 9.78 Å². The Labute approximate surface area is 135 Å². The molecule has 1 amide bonds. The van der Waals surface area contributed by atoms with Crippen LogP contribution in [0.1, 0.15) is 41.1 Å². The van der Waals surface area contributed by atoms with E-state index in [1.165, 1.54) is 13.3 Å². The van der Waals surface area contributed by atoms with Crippen molar-refractivity contribution >= 4 is 11.9 Å². The highest BCUT2D eigenvalue weighted by molar-refractivity contribution is 5.94. The average molecular weight is 318 g/mol. The highest BCUT2D eigenvalue weighted by atomic mass is 16.5. The number of aliphatic hydroxyl groups is 1. The van der Waals surface area contributed by atoms with Crippen LogP contribution in [0.25, 0.3) is 0 Å². The Balaban J connectivity index is 1.76. The molecule has 0 unspecified atom stereocenters. The number of aromatic nitrogens is 1. The fourth-order valence-corrected chi connectivity index (χ4v) is 4.42. The van der Waals surface area contributed by atoms with E-state index in [0.717, 1.165) is 6.42 Å². The average Bonchev–Trinajstić information content (AvgIpc) is 2.89. The number of amides is 1. The minimum Gasteiger partial charge on any atom is -0.465 e. The zero-order chi connectivity index (χ0) is 16.8.